The molecule has 0 radical (unpaired) electrons. The highest BCUT2D eigenvalue weighted by Gasteiger charge is 2.33. The van der Waals surface area contributed by atoms with Crippen LogP contribution in [0.15, 0.2) is 0 Å². The maximum absolute atomic E-state index is 12.5. The summed E-state index contributed by atoms with van der Waals surface area (Å²) >= 11 is 0. The normalized spacial score (nSPS) is 22.0. The van der Waals surface area contributed by atoms with Crippen molar-refractivity contribution >= 4 is 5.91 Å². The highest BCUT2D eigenvalue weighted by molar-refractivity contribution is 5.79. The van der Waals surface area contributed by atoms with Crippen LogP contribution >= 0.6 is 0 Å². The van der Waals surface area contributed by atoms with Crippen molar-refractivity contribution in [3.8, 4) is 0 Å². The molecule has 0 aromatic carbocycles. The standard InChI is InChI=1S/C16H30N2O2/c1-3-18(15-9-10-15)16(20)12-17(11-13(2)19)14-7-5-4-6-8-14/h13-15,19H,3-12H2,1-2H3. The zero-order chi connectivity index (χ0) is 14.5. The first-order valence-electron chi connectivity index (χ1n) is 8.33. The van der Waals surface area contributed by atoms with E-state index < -0.39 is 0 Å². The molecule has 1 N–H and O–H groups in total. The van der Waals surface area contributed by atoms with E-state index >= 15 is 0 Å². The van der Waals surface area contributed by atoms with Crippen molar-refractivity contribution in [2.24, 2.45) is 0 Å². The third kappa shape index (κ3) is 4.45. The van der Waals surface area contributed by atoms with Gasteiger partial charge in [-0.2, -0.15) is 0 Å². The van der Waals surface area contributed by atoms with Gasteiger partial charge in [0.05, 0.1) is 12.6 Å². The van der Waals surface area contributed by atoms with Gasteiger partial charge >= 0.3 is 0 Å². The van der Waals surface area contributed by atoms with E-state index in [1.807, 2.05) is 11.8 Å². The van der Waals surface area contributed by atoms with Crippen LogP contribution in [0.4, 0.5) is 0 Å². The monoisotopic (exact) mass is 282 g/mol. The fourth-order valence-electron chi connectivity index (χ4n) is 3.42. The van der Waals surface area contributed by atoms with Crippen molar-refractivity contribution in [3.05, 3.63) is 0 Å². The molecule has 1 unspecified atom stereocenters. The van der Waals surface area contributed by atoms with Gasteiger partial charge in [-0.15, -0.1) is 0 Å². The average molecular weight is 282 g/mol. The lowest BCUT2D eigenvalue weighted by Gasteiger charge is -2.36. The first kappa shape index (κ1) is 15.8. The van der Waals surface area contributed by atoms with Crippen molar-refractivity contribution in [1.82, 2.24) is 9.80 Å². The van der Waals surface area contributed by atoms with Crippen molar-refractivity contribution in [3.63, 3.8) is 0 Å². The Bertz CT molecular complexity index is 310. The summed E-state index contributed by atoms with van der Waals surface area (Å²) in [7, 11) is 0. The number of aliphatic hydroxyl groups is 1. The Morgan fingerprint density at radius 2 is 1.80 bits per heavy atom. The predicted octanol–water partition coefficient (Wildman–Crippen LogP) is 2.01. The Kier molecular flexibility index (Phi) is 5.85. The molecule has 0 saturated heterocycles. The molecular formula is C16H30N2O2. The van der Waals surface area contributed by atoms with Gasteiger partial charge in [0.25, 0.3) is 0 Å². The van der Waals surface area contributed by atoms with E-state index in [1.165, 1.54) is 44.9 Å². The molecule has 2 aliphatic rings. The minimum absolute atomic E-state index is 0.251. The SMILES string of the molecule is CCN(C(=O)CN(CC(C)O)C1CCCCC1)C1CC1. The quantitative estimate of drug-likeness (QED) is 0.777. The average Bonchev–Trinajstić information content (AvgIpc) is 3.24. The molecule has 2 fully saturated rings. The van der Waals surface area contributed by atoms with Gasteiger partial charge in [-0.25, -0.2) is 0 Å². The second kappa shape index (κ2) is 7.41. The smallest absolute Gasteiger partial charge is 0.236 e. The zero-order valence-corrected chi connectivity index (χ0v) is 13.1. The van der Waals surface area contributed by atoms with Crippen LogP contribution in [0, 0.1) is 0 Å². The van der Waals surface area contributed by atoms with Gasteiger partial charge in [0, 0.05) is 25.2 Å². The first-order valence-corrected chi connectivity index (χ1v) is 8.33. The van der Waals surface area contributed by atoms with Crippen LogP contribution < -0.4 is 0 Å². The maximum Gasteiger partial charge on any atom is 0.236 e. The van der Waals surface area contributed by atoms with E-state index in [2.05, 4.69) is 11.8 Å². The van der Waals surface area contributed by atoms with E-state index in [-0.39, 0.29) is 12.0 Å². The number of hydrogen-bond donors (Lipinski definition) is 1. The maximum atomic E-state index is 12.5. The van der Waals surface area contributed by atoms with Crippen molar-refractivity contribution in [2.45, 2.75) is 77.0 Å². The van der Waals surface area contributed by atoms with Crippen LogP contribution in [0.25, 0.3) is 0 Å². The van der Waals surface area contributed by atoms with Gasteiger partial charge in [-0.1, -0.05) is 19.3 Å². The van der Waals surface area contributed by atoms with Crippen LogP contribution in [-0.2, 0) is 4.79 Å². The molecule has 4 nitrogen and oxygen atoms in total. The number of aliphatic hydroxyl groups excluding tert-OH is 1. The summed E-state index contributed by atoms with van der Waals surface area (Å²) in [6.07, 6.45) is 8.16. The Morgan fingerprint density at radius 1 is 1.15 bits per heavy atom. The van der Waals surface area contributed by atoms with Crippen molar-refractivity contribution in [2.75, 3.05) is 19.6 Å². The van der Waals surface area contributed by atoms with Gasteiger partial charge in [0.2, 0.25) is 5.91 Å². The molecule has 20 heavy (non-hydrogen) atoms. The number of nitrogens with zero attached hydrogens (tertiary/aromatic N) is 2. The molecule has 0 aliphatic heterocycles. The lowest BCUT2D eigenvalue weighted by molar-refractivity contribution is -0.134. The number of carbonyl (C=O) groups excluding carboxylic acids is 1. The summed E-state index contributed by atoms with van der Waals surface area (Å²) in [6, 6.07) is 0.979. The minimum atomic E-state index is -0.360. The van der Waals surface area contributed by atoms with Crippen LogP contribution in [-0.4, -0.2) is 58.6 Å². The Balaban J connectivity index is 1.93. The molecule has 1 amide bonds. The fraction of sp³-hybridized carbons (Fsp3) is 0.938. The third-order valence-corrected chi connectivity index (χ3v) is 4.58. The number of amides is 1. The number of hydrogen-bond acceptors (Lipinski definition) is 3. The van der Waals surface area contributed by atoms with Crippen LogP contribution in [0.5, 0.6) is 0 Å². The molecule has 0 aromatic rings. The van der Waals surface area contributed by atoms with Crippen LogP contribution in [0.3, 0.4) is 0 Å². The Hall–Kier alpha value is -0.610. The molecule has 0 bridgehead atoms. The molecule has 2 rings (SSSR count). The summed E-state index contributed by atoms with van der Waals surface area (Å²) in [5, 5.41) is 9.72. The van der Waals surface area contributed by atoms with Gasteiger partial charge in [0.1, 0.15) is 0 Å². The van der Waals surface area contributed by atoms with Crippen LogP contribution in [0.1, 0.15) is 58.8 Å². The largest absolute Gasteiger partial charge is 0.392 e. The second-order valence-electron chi connectivity index (χ2n) is 6.48. The molecule has 2 aliphatic carbocycles. The van der Waals surface area contributed by atoms with E-state index in [9.17, 15) is 9.90 Å². The molecule has 116 valence electrons. The summed E-state index contributed by atoms with van der Waals surface area (Å²) < 4.78 is 0. The molecule has 0 spiro atoms. The third-order valence-electron chi connectivity index (χ3n) is 4.58. The highest BCUT2D eigenvalue weighted by Crippen LogP contribution is 2.27. The molecule has 4 heteroatoms. The minimum Gasteiger partial charge on any atom is -0.392 e. The number of carbonyl (C=O) groups is 1. The van der Waals surface area contributed by atoms with E-state index in [4.69, 9.17) is 0 Å². The van der Waals surface area contributed by atoms with Crippen molar-refractivity contribution in [1.29, 1.82) is 0 Å². The summed E-state index contributed by atoms with van der Waals surface area (Å²) in [4.78, 5) is 16.8. The van der Waals surface area contributed by atoms with Crippen molar-refractivity contribution < 1.29 is 9.90 Å². The first-order chi connectivity index (χ1) is 9.61. The van der Waals surface area contributed by atoms with Crippen LogP contribution in [0.2, 0.25) is 0 Å². The predicted molar refractivity (Wildman–Crippen MR) is 80.5 cm³/mol. The topological polar surface area (TPSA) is 43.8 Å². The molecule has 0 heterocycles. The van der Waals surface area contributed by atoms with Gasteiger partial charge in [-0.05, 0) is 39.5 Å². The summed E-state index contributed by atoms with van der Waals surface area (Å²) in [6.45, 7) is 5.81. The van der Waals surface area contributed by atoms with E-state index in [0.29, 0.717) is 25.2 Å². The van der Waals surface area contributed by atoms with E-state index in [0.717, 1.165) is 6.54 Å². The van der Waals surface area contributed by atoms with Gasteiger partial charge < -0.3 is 10.0 Å². The molecule has 0 aromatic heterocycles. The Labute approximate surface area is 123 Å². The highest BCUT2D eigenvalue weighted by atomic mass is 16.3. The van der Waals surface area contributed by atoms with E-state index in [1.54, 1.807) is 0 Å². The molecular weight excluding hydrogens is 252 g/mol. The molecule has 1 atom stereocenters. The molecule has 2 saturated carbocycles. The van der Waals surface area contributed by atoms with Gasteiger partial charge in [-0.3, -0.25) is 9.69 Å². The summed E-state index contributed by atoms with van der Waals surface area (Å²) in [5.74, 6) is 0.251. The summed E-state index contributed by atoms with van der Waals surface area (Å²) in [5.41, 5.74) is 0. The zero-order valence-electron chi connectivity index (χ0n) is 13.1. The lowest BCUT2D eigenvalue weighted by Crippen LogP contribution is -2.48. The second-order valence-corrected chi connectivity index (χ2v) is 6.48. The van der Waals surface area contributed by atoms with Gasteiger partial charge in [0.15, 0.2) is 0 Å². The number of rotatable bonds is 7. The Morgan fingerprint density at radius 3 is 2.30 bits per heavy atom. The lowest BCUT2D eigenvalue weighted by atomic mass is 9.94. The fourth-order valence-corrected chi connectivity index (χ4v) is 3.42. The number of likely N-dealkylation sites (N-methyl/N-ethyl adjacent to an activating group) is 1.